The van der Waals surface area contributed by atoms with Crippen molar-refractivity contribution in [3.8, 4) is 0 Å². The lowest BCUT2D eigenvalue weighted by Gasteiger charge is -2.44. The second-order valence-electron chi connectivity index (χ2n) is 13.6. The van der Waals surface area contributed by atoms with Crippen molar-refractivity contribution in [2.45, 2.75) is 154 Å². The summed E-state index contributed by atoms with van der Waals surface area (Å²) < 4.78 is 6.19. The van der Waals surface area contributed by atoms with Crippen molar-refractivity contribution in [3.05, 3.63) is 35.5 Å². The quantitative estimate of drug-likeness (QED) is 0.327. The maximum atomic E-state index is 10.1. The molecule has 4 aliphatic carbocycles. The Bertz CT molecular complexity index is 782. The molecule has 4 nitrogen and oxygen atoms in total. The van der Waals surface area contributed by atoms with E-state index in [0.29, 0.717) is 37.7 Å². The van der Waals surface area contributed by atoms with Gasteiger partial charge in [0.1, 0.15) is 0 Å². The number of ether oxygens (including phenoxy) is 1. The van der Waals surface area contributed by atoms with E-state index in [1.54, 1.807) is 0 Å². The Morgan fingerprint density at radius 1 is 1.00 bits per heavy atom. The van der Waals surface area contributed by atoms with Crippen LogP contribution in [0.3, 0.4) is 0 Å². The molecule has 4 fully saturated rings. The molecule has 0 aromatic rings. The van der Waals surface area contributed by atoms with Gasteiger partial charge in [0.15, 0.2) is 0 Å². The summed E-state index contributed by atoms with van der Waals surface area (Å²) in [7, 11) is 0. The highest BCUT2D eigenvalue weighted by atomic mass is 16.5. The van der Waals surface area contributed by atoms with Crippen LogP contribution in [0.2, 0.25) is 0 Å². The Morgan fingerprint density at radius 2 is 1.61 bits per heavy atom. The van der Waals surface area contributed by atoms with Crippen molar-refractivity contribution in [2.75, 3.05) is 6.61 Å². The minimum atomic E-state index is -0.680. The van der Waals surface area contributed by atoms with Gasteiger partial charge in [0.25, 0.3) is 0 Å². The average Bonchev–Trinajstić information content (AvgIpc) is 3.17. The lowest BCUT2D eigenvalue weighted by Crippen LogP contribution is -2.39. The SMILES string of the molecule is C1CCCCCCC1.C=C1/C(=C\C=C2/CCC[C@]3(C)[C@@H]([C@H](C)OCCC(C)(C)O)CC[C@@H]23)C[C@@H](O)C[C@@H]1O. The Balaban J connectivity index is 0.000000427. The van der Waals surface area contributed by atoms with Crippen LogP contribution in [0.25, 0.3) is 0 Å². The first-order chi connectivity index (χ1) is 18.0. The molecule has 0 unspecified atom stereocenters. The smallest absolute Gasteiger partial charge is 0.0811 e. The topological polar surface area (TPSA) is 69.9 Å². The fraction of sp³-hybridized carbons (Fsp3) is 0.824. The minimum absolute atomic E-state index is 0.198. The molecule has 0 spiro atoms. The average molecular weight is 531 g/mol. The van der Waals surface area contributed by atoms with Crippen LogP contribution in [0.5, 0.6) is 0 Å². The third-order valence-electron chi connectivity index (χ3n) is 9.96. The molecule has 0 bridgehead atoms. The third-order valence-corrected chi connectivity index (χ3v) is 9.96. The molecule has 6 atom stereocenters. The summed E-state index contributed by atoms with van der Waals surface area (Å²) in [5, 5.41) is 30.1. The van der Waals surface area contributed by atoms with Crippen LogP contribution in [-0.4, -0.2) is 45.8 Å². The van der Waals surface area contributed by atoms with Gasteiger partial charge in [-0.05, 0) is 94.1 Å². The van der Waals surface area contributed by atoms with Crippen molar-refractivity contribution in [1.29, 1.82) is 0 Å². The van der Waals surface area contributed by atoms with Crippen LogP contribution in [0.15, 0.2) is 35.5 Å². The fourth-order valence-corrected chi connectivity index (χ4v) is 7.54. The van der Waals surface area contributed by atoms with Crippen LogP contribution in [-0.2, 0) is 4.74 Å². The Labute approximate surface area is 233 Å². The van der Waals surface area contributed by atoms with Crippen LogP contribution in [0, 0.1) is 17.3 Å². The lowest BCUT2D eigenvalue weighted by atomic mass is 9.62. The summed E-state index contributed by atoms with van der Waals surface area (Å²) in [4.78, 5) is 0. The van der Waals surface area contributed by atoms with E-state index >= 15 is 0 Å². The normalized spacial score (nSPS) is 35.7. The van der Waals surface area contributed by atoms with Gasteiger partial charge in [0, 0.05) is 13.0 Å². The maximum Gasteiger partial charge on any atom is 0.0811 e. The molecular formula is C34H58O4. The van der Waals surface area contributed by atoms with Crippen molar-refractivity contribution in [3.63, 3.8) is 0 Å². The Morgan fingerprint density at radius 3 is 2.18 bits per heavy atom. The molecule has 0 radical (unpaired) electrons. The van der Waals surface area contributed by atoms with Gasteiger partial charge in [-0.3, -0.25) is 0 Å². The van der Waals surface area contributed by atoms with Crippen molar-refractivity contribution in [1.82, 2.24) is 0 Å². The summed E-state index contributed by atoms with van der Waals surface area (Å²) in [6.45, 7) is 13.0. The van der Waals surface area contributed by atoms with Gasteiger partial charge in [-0.15, -0.1) is 0 Å². The molecule has 4 aliphatic rings. The fourth-order valence-electron chi connectivity index (χ4n) is 7.54. The minimum Gasteiger partial charge on any atom is -0.393 e. The summed E-state index contributed by atoms with van der Waals surface area (Å²) in [5.41, 5.74) is 2.82. The Hall–Kier alpha value is -0.940. The molecule has 4 rings (SSSR count). The lowest BCUT2D eigenvalue weighted by molar-refractivity contribution is -0.0454. The standard InChI is InChI=1S/C26H42O4.C8H16/c1-17-20(15-21(27)16-24(17)28)9-8-19-7-6-12-26(5)22(10-11-23(19)26)18(2)30-14-13-25(3,4)29;1-2-4-6-8-7-5-3-1/h8-9,18,21-24,27-29H,1,6-7,10-16H2,2-5H3;1-8H2/b19-8+,20-9-;/t18-,21+,22+,23-,24-,26+;/m0./s1. The van der Waals surface area contributed by atoms with E-state index in [2.05, 4.69) is 32.6 Å². The van der Waals surface area contributed by atoms with Crippen LogP contribution < -0.4 is 0 Å². The Kier molecular flexibility index (Phi) is 12.2. The predicted molar refractivity (Wildman–Crippen MR) is 158 cm³/mol. The number of hydrogen-bond acceptors (Lipinski definition) is 4. The zero-order valence-electron chi connectivity index (χ0n) is 25.0. The van der Waals surface area contributed by atoms with Gasteiger partial charge in [-0.2, -0.15) is 0 Å². The van der Waals surface area contributed by atoms with E-state index in [1.807, 2.05) is 13.8 Å². The molecule has 4 saturated carbocycles. The number of fused-ring (bicyclic) bond motifs is 1. The monoisotopic (exact) mass is 530 g/mol. The van der Waals surface area contributed by atoms with Gasteiger partial charge in [-0.1, -0.05) is 82.6 Å². The molecule has 38 heavy (non-hydrogen) atoms. The molecule has 0 aliphatic heterocycles. The highest BCUT2D eigenvalue weighted by Crippen LogP contribution is 2.58. The summed E-state index contributed by atoms with van der Waals surface area (Å²) in [5.74, 6) is 1.11. The van der Waals surface area contributed by atoms with Gasteiger partial charge in [0.2, 0.25) is 0 Å². The highest BCUT2D eigenvalue weighted by Gasteiger charge is 2.51. The van der Waals surface area contributed by atoms with Gasteiger partial charge >= 0.3 is 0 Å². The molecule has 0 amide bonds. The zero-order chi connectivity index (χ0) is 27.8. The van der Waals surface area contributed by atoms with Gasteiger partial charge < -0.3 is 20.1 Å². The van der Waals surface area contributed by atoms with E-state index in [1.165, 1.54) is 82.6 Å². The third kappa shape index (κ3) is 9.04. The number of hydrogen-bond donors (Lipinski definition) is 3. The predicted octanol–water partition coefficient (Wildman–Crippen LogP) is 7.81. The van der Waals surface area contributed by atoms with E-state index in [0.717, 1.165) is 17.6 Å². The summed E-state index contributed by atoms with van der Waals surface area (Å²) in [6.07, 6.45) is 23.0. The van der Waals surface area contributed by atoms with Crippen LogP contribution in [0.1, 0.15) is 130 Å². The molecule has 0 heterocycles. The van der Waals surface area contributed by atoms with Gasteiger partial charge in [0.05, 0.1) is 23.9 Å². The van der Waals surface area contributed by atoms with Crippen molar-refractivity contribution in [2.24, 2.45) is 17.3 Å². The molecular weight excluding hydrogens is 472 g/mol. The first-order valence-electron chi connectivity index (χ1n) is 15.8. The zero-order valence-corrected chi connectivity index (χ0v) is 25.0. The summed E-state index contributed by atoms with van der Waals surface area (Å²) >= 11 is 0. The van der Waals surface area contributed by atoms with Crippen molar-refractivity contribution >= 4 is 0 Å². The van der Waals surface area contributed by atoms with E-state index in [-0.39, 0.29) is 11.5 Å². The van der Waals surface area contributed by atoms with E-state index in [4.69, 9.17) is 4.74 Å². The molecule has 0 aromatic heterocycles. The molecule has 0 saturated heterocycles. The maximum absolute atomic E-state index is 10.1. The van der Waals surface area contributed by atoms with E-state index < -0.39 is 17.8 Å². The second kappa shape index (κ2) is 14.6. The highest BCUT2D eigenvalue weighted by molar-refractivity contribution is 5.38. The van der Waals surface area contributed by atoms with E-state index in [9.17, 15) is 15.3 Å². The number of rotatable bonds is 6. The number of aliphatic hydroxyl groups excluding tert-OH is 2. The first-order valence-corrected chi connectivity index (χ1v) is 15.8. The number of aliphatic hydroxyl groups is 3. The van der Waals surface area contributed by atoms with Crippen LogP contribution in [0.4, 0.5) is 0 Å². The second-order valence-corrected chi connectivity index (χ2v) is 13.6. The molecule has 3 N–H and O–H groups in total. The number of allylic oxidation sites excluding steroid dienone is 3. The van der Waals surface area contributed by atoms with Gasteiger partial charge in [-0.25, -0.2) is 0 Å². The first kappa shape index (κ1) is 31.6. The van der Waals surface area contributed by atoms with Crippen LogP contribution >= 0.6 is 0 Å². The molecule has 218 valence electrons. The molecule has 0 aromatic carbocycles. The molecule has 4 heteroatoms. The largest absolute Gasteiger partial charge is 0.393 e. The van der Waals surface area contributed by atoms with Crippen molar-refractivity contribution < 1.29 is 20.1 Å². The summed E-state index contributed by atoms with van der Waals surface area (Å²) in [6, 6.07) is 0.